The van der Waals surface area contributed by atoms with Gasteiger partial charge in [0.05, 0.1) is 10.8 Å². The number of nitrogens with zero attached hydrogens (tertiary/aromatic N) is 3. The van der Waals surface area contributed by atoms with Crippen LogP contribution in [0.4, 0.5) is 11.4 Å². The van der Waals surface area contributed by atoms with E-state index in [9.17, 15) is 9.59 Å². The summed E-state index contributed by atoms with van der Waals surface area (Å²) in [6.45, 7) is 4.94. The van der Waals surface area contributed by atoms with Gasteiger partial charge in [0.15, 0.2) is 0 Å². The van der Waals surface area contributed by atoms with Gasteiger partial charge in [0.1, 0.15) is 0 Å². The van der Waals surface area contributed by atoms with E-state index in [1.165, 1.54) is 11.8 Å². The van der Waals surface area contributed by atoms with Gasteiger partial charge in [0, 0.05) is 49.3 Å². The van der Waals surface area contributed by atoms with Crippen LogP contribution < -0.4 is 10.2 Å². The number of rotatable bonds is 6. The Morgan fingerprint density at radius 3 is 2.44 bits per heavy atom. The highest BCUT2D eigenvalue weighted by atomic mass is 32.2. The SMILES string of the molecule is Cc1cccc(C(=O)N2CCN(c3ccc(NC(=O)CSc4ccccn4)cc3)CC2)c1. The third kappa shape index (κ3) is 5.68. The van der Waals surface area contributed by atoms with E-state index in [0.29, 0.717) is 18.8 Å². The lowest BCUT2D eigenvalue weighted by molar-refractivity contribution is -0.113. The summed E-state index contributed by atoms with van der Waals surface area (Å²) in [5.74, 6) is 0.349. The van der Waals surface area contributed by atoms with Crippen LogP contribution in [0.5, 0.6) is 0 Å². The van der Waals surface area contributed by atoms with E-state index in [-0.39, 0.29) is 11.8 Å². The molecule has 4 rings (SSSR count). The van der Waals surface area contributed by atoms with Crippen molar-refractivity contribution in [1.29, 1.82) is 0 Å². The van der Waals surface area contributed by atoms with E-state index in [1.54, 1.807) is 6.20 Å². The molecule has 1 N–H and O–H groups in total. The number of nitrogens with one attached hydrogen (secondary N) is 1. The first-order chi connectivity index (χ1) is 15.6. The summed E-state index contributed by atoms with van der Waals surface area (Å²) in [6, 6.07) is 21.3. The summed E-state index contributed by atoms with van der Waals surface area (Å²) >= 11 is 1.41. The minimum absolute atomic E-state index is 0.0586. The fourth-order valence-electron chi connectivity index (χ4n) is 3.65. The minimum atomic E-state index is -0.0586. The Morgan fingerprint density at radius 2 is 1.75 bits per heavy atom. The lowest BCUT2D eigenvalue weighted by Crippen LogP contribution is -2.48. The van der Waals surface area contributed by atoms with E-state index in [2.05, 4.69) is 15.2 Å². The van der Waals surface area contributed by atoms with Crippen LogP contribution in [0.1, 0.15) is 15.9 Å². The van der Waals surface area contributed by atoms with Crippen molar-refractivity contribution < 1.29 is 9.59 Å². The summed E-state index contributed by atoms with van der Waals surface area (Å²) in [5, 5.41) is 3.76. The molecule has 32 heavy (non-hydrogen) atoms. The Kier molecular flexibility index (Phi) is 7.07. The van der Waals surface area contributed by atoms with Gasteiger partial charge >= 0.3 is 0 Å². The Balaban J connectivity index is 1.26. The smallest absolute Gasteiger partial charge is 0.253 e. The molecular weight excluding hydrogens is 420 g/mol. The predicted molar refractivity (Wildman–Crippen MR) is 129 cm³/mol. The largest absolute Gasteiger partial charge is 0.368 e. The van der Waals surface area contributed by atoms with Crippen LogP contribution in [-0.2, 0) is 4.79 Å². The predicted octanol–water partition coefficient (Wildman–Crippen LogP) is 4.08. The number of aryl methyl sites for hydroxylation is 1. The fraction of sp³-hybridized carbons (Fsp3) is 0.240. The molecule has 1 aromatic heterocycles. The quantitative estimate of drug-likeness (QED) is 0.578. The van der Waals surface area contributed by atoms with E-state index < -0.39 is 0 Å². The molecule has 0 atom stereocenters. The van der Waals surface area contributed by atoms with Crippen molar-refractivity contribution in [3.8, 4) is 0 Å². The van der Waals surface area contributed by atoms with Crippen molar-refractivity contribution in [2.24, 2.45) is 0 Å². The second-order valence-corrected chi connectivity index (χ2v) is 8.70. The highest BCUT2D eigenvalue weighted by Gasteiger charge is 2.22. The van der Waals surface area contributed by atoms with E-state index in [1.807, 2.05) is 78.6 Å². The zero-order chi connectivity index (χ0) is 22.3. The van der Waals surface area contributed by atoms with E-state index in [4.69, 9.17) is 0 Å². The van der Waals surface area contributed by atoms with Gasteiger partial charge in [-0.15, -0.1) is 0 Å². The molecule has 2 heterocycles. The van der Waals surface area contributed by atoms with Gasteiger partial charge in [0.2, 0.25) is 5.91 Å². The molecular formula is C25H26N4O2S. The molecule has 0 saturated carbocycles. The summed E-state index contributed by atoms with van der Waals surface area (Å²) < 4.78 is 0. The second kappa shape index (κ2) is 10.3. The first kappa shape index (κ1) is 21.9. The molecule has 2 amide bonds. The van der Waals surface area contributed by atoms with Crippen molar-refractivity contribution in [2.45, 2.75) is 11.9 Å². The fourth-order valence-corrected chi connectivity index (χ4v) is 4.31. The van der Waals surface area contributed by atoms with Crippen molar-refractivity contribution in [1.82, 2.24) is 9.88 Å². The summed E-state index contributed by atoms with van der Waals surface area (Å²) in [5.41, 5.74) is 3.71. The highest BCUT2D eigenvalue weighted by Crippen LogP contribution is 2.21. The van der Waals surface area contributed by atoms with Crippen molar-refractivity contribution in [3.63, 3.8) is 0 Å². The van der Waals surface area contributed by atoms with Crippen LogP contribution in [0.2, 0.25) is 0 Å². The number of piperazine rings is 1. The standard InChI is InChI=1S/C25H26N4O2S/c1-19-5-4-6-20(17-19)25(31)29-15-13-28(14-16-29)22-10-8-21(9-11-22)27-23(30)18-32-24-7-2-3-12-26-24/h2-12,17H,13-16,18H2,1H3,(H,27,30). The lowest BCUT2D eigenvalue weighted by Gasteiger charge is -2.36. The van der Waals surface area contributed by atoms with Crippen molar-refractivity contribution in [2.75, 3.05) is 42.1 Å². The maximum absolute atomic E-state index is 12.7. The normalized spacial score (nSPS) is 13.7. The molecule has 164 valence electrons. The molecule has 0 aliphatic carbocycles. The van der Waals surface area contributed by atoms with E-state index in [0.717, 1.165) is 40.6 Å². The number of hydrogen-bond acceptors (Lipinski definition) is 5. The molecule has 1 aliphatic rings. The van der Waals surface area contributed by atoms with Gasteiger partial charge in [-0.25, -0.2) is 4.98 Å². The highest BCUT2D eigenvalue weighted by molar-refractivity contribution is 7.99. The molecule has 0 radical (unpaired) electrons. The van der Waals surface area contributed by atoms with Gasteiger partial charge in [-0.3, -0.25) is 9.59 Å². The lowest BCUT2D eigenvalue weighted by atomic mass is 10.1. The minimum Gasteiger partial charge on any atom is -0.368 e. The number of hydrogen-bond donors (Lipinski definition) is 1. The number of carbonyl (C=O) groups excluding carboxylic acids is 2. The average molecular weight is 447 g/mol. The number of amides is 2. The zero-order valence-corrected chi connectivity index (χ0v) is 18.8. The molecule has 1 saturated heterocycles. The van der Waals surface area contributed by atoms with Gasteiger partial charge in [-0.05, 0) is 55.5 Å². The number of aromatic nitrogens is 1. The zero-order valence-electron chi connectivity index (χ0n) is 18.0. The van der Waals surface area contributed by atoms with Gasteiger partial charge < -0.3 is 15.1 Å². The number of benzene rings is 2. The molecule has 2 aromatic carbocycles. The third-order valence-corrected chi connectivity index (χ3v) is 6.28. The van der Waals surface area contributed by atoms with Crippen LogP contribution in [0, 0.1) is 6.92 Å². The summed E-state index contributed by atoms with van der Waals surface area (Å²) in [6.07, 6.45) is 1.72. The summed E-state index contributed by atoms with van der Waals surface area (Å²) in [4.78, 5) is 33.3. The van der Waals surface area contributed by atoms with Crippen LogP contribution in [0.3, 0.4) is 0 Å². The van der Waals surface area contributed by atoms with Crippen LogP contribution in [0.15, 0.2) is 78.0 Å². The average Bonchev–Trinajstić information content (AvgIpc) is 2.83. The molecule has 0 bridgehead atoms. The Morgan fingerprint density at radius 1 is 0.969 bits per heavy atom. The molecule has 1 fully saturated rings. The molecule has 3 aromatic rings. The van der Waals surface area contributed by atoms with Gasteiger partial charge in [-0.2, -0.15) is 0 Å². The maximum Gasteiger partial charge on any atom is 0.253 e. The molecule has 0 unspecified atom stereocenters. The number of anilines is 2. The molecule has 6 nitrogen and oxygen atoms in total. The topological polar surface area (TPSA) is 65.5 Å². The number of carbonyl (C=O) groups is 2. The van der Waals surface area contributed by atoms with Crippen molar-refractivity contribution >= 4 is 35.0 Å². The third-order valence-electron chi connectivity index (χ3n) is 5.34. The number of pyridine rings is 1. The molecule has 0 spiro atoms. The second-order valence-electron chi connectivity index (χ2n) is 7.70. The van der Waals surface area contributed by atoms with Crippen LogP contribution >= 0.6 is 11.8 Å². The first-order valence-electron chi connectivity index (χ1n) is 10.6. The maximum atomic E-state index is 12.7. The molecule has 7 heteroatoms. The van der Waals surface area contributed by atoms with Gasteiger partial charge in [0.25, 0.3) is 5.91 Å². The van der Waals surface area contributed by atoms with Crippen LogP contribution in [0.25, 0.3) is 0 Å². The summed E-state index contributed by atoms with van der Waals surface area (Å²) in [7, 11) is 0. The number of thioether (sulfide) groups is 1. The van der Waals surface area contributed by atoms with E-state index >= 15 is 0 Å². The molecule has 1 aliphatic heterocycles. The van der Waals surface area contributed by atoms with Gasteiger partial charge in [-0.1, -0.05) is 35.5 Å². The van der Waals surface area contributed by atoms with Crippen LogP contribution in [-0.4, -0.2) is 53.6 Å². The first-order valence-corrected chi connectivity index (χ1v) is 11.6. The monoisotopic (exact) mass is 446 g/mol. The Labute approximate surface area is 192 Å². The Bertz CT molecular complexity index is 1060. The van der Waals surface area contributed by atoms with Crippen molar-refractivity contribution in [3.05, 3.63) is 84.1 Å². The Hall–Kier alpha value is -3.32.